The van der Waals surface area contributed by atoms with Gasteiger partial charge in [0.05, 0.1) is 0 Å². The summed E-state index contributed by atoms with van der Waals surface area (Å²) in [6.45, 7) is 0.345. The molecular formula is C20H22FN3O4S. The number of nitrogens with zero attached hydrogens (tertiary/aromatic N) is 1. The number of benzene rings is 2. The molecule has 0 aliphatic carbocycles. The first-order chi connectivity index (χ1) is 13.9. The Bertz CT molecular complexity index is 979. The summed E-state index contributed by atoms with van der Waals surface area (Å²) >= 11 is 0. The number of rotatable bonds is 7. The van der Waals surface area contributed by atoms with Crippen LogP contribution >= 0.6 is 0 Å². The maximum Gasteiger partial charge on any atom is 0.280 e. The van der Waals surface area contributed by atoms with Gasteiger partial charge in [-0.15, -0.1) is 0 Å². The molecule has 0 saturated heterocycles. The van der Waals surface area contributed by atoms with Crippen LogP contribution in [0.3, 0.4) is 0 Å². The third-order valence-corrected chi connectivity index (χ3v) is 6.32. The second kappa shape index (κ2) is 9.27. The fourth-order valence-electron chi connectivity index (χ4n) is 3.16. The molecule has 7 nitrogen and oxygen atoms in total. The predicted molar refractivity (Wildman–Crippen MR) is 106 cm³/mol. The number of hydrogen-bond acceptors (Lipinski definition) is 4. The van der Waals surface area contributed by atoms with Crippen LogP contribution in [-0.2, 0) is 21.4 Å². The van der Waals surface area contributed by atoms with Crippen molar-refractivity contribution in [2.45, 2.75) is 18.9 Å². The molecular weight excluding hydrogens is 397 g/mol. The largest absolute Gasteiger partial charge is 0.289 e. The maximum atomic E-state index is 13.1. The lowest BCUT2D eigenvalue weighted by atomic mass is 10.0. The summed E-state index contributed by atoms with van der Waals surface area (Å²) in [7, 11) is -3.96. The molecule has 0 aromatic heterocycles. The Morgan fingerprint density at radius 3 is 2.41 bits per heavy atom. The van der Waals surface area contributed by atoms with Gasteiger partial charge in [-0.2, -0.15) is 17.4 Å². The Morgan fingerprint density at radius 2 is 1.83 bits per heavy atom. The van der Waals surface area contributed by atoms with E-state index < -0.39 is 22.2 Å². The van der Waals surface area contributed by atoms with Crippen molar-refractivity contribution >= 4 is 21.7 Å². The molecule has 1 aliphatic heterocycles. The minimum atomic E-state index is -3.96. The molecule has 154 valence electrons. The van der Waals surface area contributed by atoms with E-state index in [2.05, 4.69) is 4.72 Å². The number of hydroxylamine groups is 1. The highest BCUT2D eigenvalue weighted by atomic mass is 32.2. The van der Waals surface area contributed by atoms with E-state index in [1.54, 1.807) is 42.5 Å². The second-order valence-electron chi connectivity index (χ2n) is 6.69. The summed E-state index contributed by atoms with van der Waals surface area (Å²) in [5.41, 5.74) is 4.05. The van der Waals surface area contributed by atoms with Crippen molar-refractivity contribution in [2.24, 2.45) is 0 Å². The smallest absolute Gasteiger partial charge is 0.280 e. The van der Waals surface area contributed by atoms with Gasteiger partial charge in [-0.25, -0.2) is 9.87 Å². The van der Waals surface area contributed by atoms with Crippen LogP contribution in [0.15, 0.2) is 60.7 Å². The molecule has 2 aromatic carbocycles. The van der Waals surface area contributed by atoms with Crippen LogP contribution in [0.1, 0.15) is 17.5 Å². The molecule has 1 amide bonds. The van der Waals surface area contributed by atoms with Gasteiger partial charge in [0.25, 0.3) is 16.1 Å². The molecule has 2 aromatic rings. The van der Waals surface area contributed by atoms with Gasteiger partial charge < -0.3 is 0 Å². The van der Waals surface area contributed by atoms with E-state index in [4.69, 9.17) is 5.21 Å². The monoisotopic (exact) mass is 419 g/mol. The van der Waals surface area contributed by atoms with E-state index in [0.717, 1.165) is 16.7 Å². The Balaban J connectivity index is 1.70. The first-order valence-electron chi connectivity index (χ1n) is 9.09. The average Bonchev–Trinajstić information content (AvgIpc) is 2.74. The number of hydrogen-bond donors (Lipinski definition) is 3. The molecule has 0 spiro atoms. The molecule has 1 heterocycles. The minimum Gasteiger partial charge on any atom is -0.289 e. The van der Waals surface area contributed by atoms with E-state index in [1.807, 2.05) is 6.07 Å². The van der Waals surface area contributed by atoms with Gasteiger partial charge in [0, 0.05) is 13.1 Å². The Kier molecular flexibility index (Phi) is 6.75. The molecule has 29 heavy (non-hydrogen) atoms. The van der Waals surface area contributed by atoms with Crippen LogP contribution in [0.5, 0.6) is 0 Å². The molecule has 0 radical (unpaired) electrons. The van der Waals surface area contributed by atoms with Crippen molar-refractivity contribution in [2.75, 3.05) is 13.1 Å². The summed E-state index contributed by atoms with van der Waals surface area (Å²) in [6.07, 6.45) is 2.33. The molecule has 1 atom stereocenters. The summed E-state index contributed by atoms with van der Waals surface area (Å²) in [5.74, 6) is -1.16. The SMILES string of the molecule is O=C(NO)C(Cc1ccccc1)NS(=O)(=O)N1CC=C(c2ccc(F)cc2)CC1. The fourth-order valence-corrected chi connectivity index (χ4v) is 4.47. The van der Waals surface area contributed by atoms with Crippen LogP contribution in [0.4, 0.5) is 4.39 Å². The Labute approximate surface area is 169 Å². The predicted octanol–water partition coefficient (Wildman–Crippen LogP) is 1.87. The van der Waals surface area contributed by atoms with Crippen molar-refractivity contribution in [1.29, 1.82) is 0 Å². The lowest BCUT2D eigenvalue weighted by molar-refractivity contribution is -0.130. The van der Waals surface area contributed by atoms with Crippen molar-refractivity contribution in [3.63, 3.8) is 0 Å². The topological polar surface area (TPSA) is 98.7 Å². The number of nitrogens with one attached hydrogen (secondary N) is 2. The van der Waals surface area contributed by atoms with Gasteiger partial charge in [0.1, 0.15) is 11.9 Å². The molecule has 0 saturated carbocycles. The molecule has 0 fully saturated rings. The number of halogens is 1. The fraction of sp³-hybridized carbons (Fsp3) is 0.250. The van der Waals surface area contributed by atoms with Gasteiger partial charge in [-0.3, -0.25) is 10.0 Å². The molecule has 0 bridgehead atoms. The lowest BCUT2D eigenvalue weighted by Crippen LogP contribution is -2.52. The van der Waals surface area contributed by atoms with Crippen LogP contribution in [0, 0.1) is 5.82 Å². The summed E-state index contributed by atoms with van der Waals surface area (Å²) in [5, 5.41) is 8.99. The minimum absolute atomic E-state index is 0.0942. The molecule has 9 heteroatoms. The van der Waals surface area contributed by atoms with Crippen LogP contribution < -0.4 is 10.2 Å². The summed E-state index contributed by atoms with van der Waals surface area (Å²) in [4.78, 5) is 12.0. The van der Waals surface area contributed by atoms with Gasteiger partial charge in [0.2, 0.25) is 0 Å². The van der Waals surface area contributed by atoms with Crippen LogP contribution in [0.2, 0.25) is 0 Å². The number of carbonyl (C=O) groups excluding carboxylic acids is 1. The third-order valence-electron chi connectivity index (χ3n) is 4.73. The van der Waals surface area contributed by atoms with Crippen molar-refractivity contribution < 1.29 is 22.8 Å². The number of amides is 1. The zero-order chi connectivity index (χ0) is 20.9. The van der Waals surface area contributed by atoms with Crippen molar-refractivity contribution in [1.82, 2.24) is 14.5 Å². The normalized spacial score (nSPS) is 16.1. The highest BCUT2D eigenvalue weighted by molar-refractivity contribution is 7.87. The van der Waals surface area contributed by atoms with Gasteiger partial charge >= 0.3 is 0 Å². The van der Waals surface area contributed by atoms with E-state index in [9.17, 15) is 17.6 Å². The van der Waals surface area contributed by atoms with E-state index in [1.165, 1.54) is 21.9 Å². The Morgan fingerprint density at radius 1 is 1.14 bits per heavy atom. The van der Waals surface area contributed by atoms with Crippen molar-refractivity contribution in [3.05, 3.63) is 77.6 Å². The first kappa shape index (κ1) is 21.1. The summed E-state index contributed by atoms with van der Waals surface area (Å²) < 4.78 is 42.2. The van der Waals surface area contributed by atoms with E-state index in [-0.39, 0.29) is 25.3 Å². The highest BCUT2D eigenvalue weighted by Gasteiger charge is 2.30. The van der Waals surface area contributed by atoms with E-state index >= 15 is 0 Å². The molecule has 3 rings (SSSR count). The van der Waals surface area contributed by atoms with Gasteiger partial charge in [-0.05, 0) is 41.7 Å². The first-order valence-corrected chi connectivity index (χ1v) is 10.5. The highest BCUT2D eigenvalue weighted by Crippen LogP contribution is 2.23. The Hall–Kier alpha value is -2.59. The summed E-state index contributed by atoms with van der Waals surface area (Å²) in [6, 6.07) is 13.8. The zero-order valence-corrected chi connectivity index (χ0v) is 16.4. The third kappa shape index (κ3) is 5.48. The standard InChI is InChI=1S/C20H22FN3O4S/c21-18-8-6-16(7-9-18)17-10-12-24(13-11-17)29(27,28)23-19(20(25)22-26)14-15-4-2-1-3-5-15/h1-10,19,23,26H,11-14H2,(H,22,25). The zero-order valence-electron chi connectivity index (χ0n) is 15.6. The van der Waals surface area contributed by atoms with Gasteiger partial charge in [-0.1, -0.05) is 48.5 Å². The van der Waals surface area contributed by atoms with Gasteiger partial charge in [0.15, 0.2) is 0 Å². The second-order valence-corrected chi connectivity index (χ2v) is 8.39. The number of carbonyl (C=O) groups is 1. The van der Waals surface area contributed by atoms with Crippen LogP contribution in [-0.4, -0.2) is 43.0 Å². The van der Waals surface area contributed by atoms with Crippen LogP contribution in [0.25, 0.3) is 5.57 Å². The lowest BCUT2D eigenvalue weighted by Gasteiger charge is -2.28. The maximum absolute atomic E-state index is 13.1. The molecule has 3 N–H and O–H groups in total. The molecule has 1 aliphatic rings. The van der Waals surface area contributed by atoms with E-state index in [0.29, 0.717) is 6.42 Å². The quantitative estimate of drug-likeness (QED) is 0.471. The van der Waals surface area contributed by atoms with Crippen molar-refractivity contribution in [3.8, 4) is 0 Å². The average molecular weight is 419 g/mol. The molecule has 1 unspecified atom stereocenters.